The third kappa shape index (κ3) is 2.79. The molecular weight excluding hydrogens is 276 g/mol. The van der Waals surface area contributed by atoms with Gasteiger partial charge in [-0.3, -0.25) is 4.79 Å². The Morgan fingerprint density at radius 3 is 2.65 bits per heavy atom. The fraction of sp³-hybridized carbons (Fsp3) is 0.692. The molecule has 1 aromatic rings. The summed E-state index contributed by atoms with van der Waals surface area (Å²) in [5.41, 5.74) is 6.23. The Morgan fingerprint density at radius 2 is 2.20 bits per heavy atom. The average Bonchev–Trinajstić information content (AvgIpc) is 2.81. The van der Waals surface area contributed by atoms with Crippen LogP contribution in [0.4, 0.5) is 5.13 Å². The molecule has 0 saturated heterocycles. The fourth-order valence-corrected chi connectivity index (χ4v) is 3.39. The molecule has 20 heavy (non-hydrogen) atoms. The van der Waals surface area contributed by atoms with Gasteiger partial charge in [-0.25, -0.2) is 4.98 Å². The molecule has 112 valence electrons. The number of likely N-dealkylation sites (N-methyl/N-ethyl adjacent to an activating group) is 2. The molecule has 1 aliphatic rings. The summed E-state index contributed by atoms with van der Waals surface area (Å²) in [6, 6.07) is -1.04. The Morgan fingerprint density at radius 1 is 1.55 bits per heavy atom. The highest BCUT2D eigenvalue weighted by atomic mass is 32.1. The standard InChI is InChI=1S/C13H22N4O2S/c1-16(2)13(5-4-6-13)8-17(3)12-15-9(7-20-12)10(14)11(18)19/h7,10H,4-6,8,14H2,1-3H3,(H,18,19). The number of rotatable bonds is 6. The molecule has 3 N–H and O–H groups in total. The van der Waals surface area contributed by atoms with Crippen molar-refractivity contribution in [3.05, 3.63) is 11.1 Å². The predicted molar refractivity (Wildman–Crippen MR) is 80.2 cm³/mol. The van der Waals surface area contributed by atoms with Crippen LogP contribution in [0.3, 0.4) is 0 Å². The van der Waals surface area contributed by atoms with Crippen molar-refractivity contribution in [3.63, 3.8) is 0 Å². The number of nitrogens with two attached hydrogens (primary N) is 1. The number of thiazole rings is 1. The molecule has 1 saturated carbocycles. The van der Waals surface area contributed by atoms with Gasteiger partial charge in [-0.15, -0.1) is 11.3 Å². The second kappa shape index (κ2) is 5.67. The first kappa shape index (κ1) is 15.2. The molecule has 1 fully saturated rings. The van der Waals surface area contributed by atoms with E-state index in [-0.39, 0.29) is 5.54 Å². The number of nitrogens with zero attached hydrogens (tertiary/aromatic N) is 3. The molecule has 6 nitrogen and oxygen atoms in total. The highest BCUT2D eigenvalue weighted by molar-refractivity contribution is 7.13. The normalized spacial score (nSPS) is 18.6. The first-order valence-corrected chi connectivity index (χ1v) is 7.56. The molecule has 1 unspecified atom stereocenters. The summed E-state index contributed by atoms with van der Waals surface area (Å²) in [4.78, 5) is 19.6. The highest BCUT2D eigenvalue weighted by Gasteiger charge is 2.40. The zero-order valence-corrected chi connectivity index (χ0v) is 13.0. The van der Waals surface area contributed by atoms with Crippen LogP contribution in [-0.2, 0) is 4.79 Å². The van der Waals surface area contributed by atoms with E-state index in [2.05, 4.69) is 28.9 Å². The summed E-state index contributed by atoms with van der Waals surface area (Å²) in [7, 11) is 6.22. The fourth-order valence-electron chi connectivity index (χ4n) is 2.56. The van der Waals surface area contributed by atoms with E-state index in [0.29, 0.717) is 5.69 Å². The number of aromatic nitrogens is 1. The minimum absolute atomic E-state index is 0.218. The second-order valence-electron chi connectivity index (χ2n) is 5.70. The number of carboxylic acid groups (broad SMARTS) is 1. The van der Waals surface area contributed by atoms with Crippen molar-refractivity contribution in [2.24, 2.45) is 5.73 Å². The van der Waals surface area contributed by atoms with Crippen molar-refractivity contribution in [3.8, 4) is 0 Å². The van der Waals surface area contributed by atoms with E-state index in [0.717, 1.165) is 11.7 Å². The van der Waals surface area contributed by atoms with Crippen LogP contribution in [0.15, 0.2) is 5.38 Å². The Kier molecular flexibility index (Phi) is 4.31. The molecule has 2 rings (SSSR count). The van der Waals surface area contributed by atoms with Crippen molar-refractivity contribution in [1.29, 1.82) is 0 Å². The Bertz CT molecular complexity index is 484. The summed E-state index contributed by atoms with van der Waals surface area (Å²) in [6.07, 6.45) is 3.65. The number of hydrogen-bond acceptors (Lipinski definition) is 6. The molecule has 1 atom stereocenters. The molecule has 0 radical (unpaired) electrons. The van der Waals surface area contributed by atoms with Gasteiger partial charge in [0.1, 0.15) is 6.04 Å². The van der Waals surface area contributed by atoms with E-state index in [1.165, 1.54) is 30.6 Å². The van der Waals surface area contributed by atoms with Crippen LogP contribution in [0.1, 0.15) is 31.0 Å². The van der Waals surface area contributed by atoms with Crippen molar-refractivity contribution in [2.75, 3.05) is 32.6 Å². The summed E-state index contributed by atoms with van der Waals surface area (Å²) in [5.74, 6) is -1.05. The molecule has 1 aliphatic carbocycles. The third-order valence-corrected chi connectivity index (χ3v) is 5.16. The molecule has 0 spiro atoms. The van der Waals surface area contributed by atoms with Crippen LogP contribution in [-0.4, -0.2) is 54.2 Å². The summed E-state index contributed by atoms with van der Waals surface area (Å²) in [6.45, 7) is 0.898. The lowest BCUT2D eigenvalue weighted by atomic mass is 9.75. The molecule has 0 bridgehead atoms. The largest absolute Gasteiger partial charge is 0.480 e. The molecule has 1 heterocycles. The first-order valence-electron chi connectivity index (χ1n) is 6.68. The summed E-state index contributed by atoms with van der Waals surface area (Å²) < 4.78 is 0. The maximum Gasteiger partial charge on any atom is 0.326 e. The molecule has 0 amide bonds. The van der Waals surface area contributed by atoms with Crippen molar-refractivity contribution in [1.82, 2.24) is 9.88 Å². The number of carbonyl (C=O) groups is 1. The highest BCUT2D eigenvalue weighted by Crippen LogP contribution is 2.37. The molecule has 1 aromatic heterocycles. The Labute approximate surface area is 123 Å². The minimum atomic E-state index is -1.05. The number of aliphatic carboxylic acids is 1. The van der Waals surface area contributed by atoms with E-state index in [1.54, 1.807) is 5.38 Å². The van der Waals surface area contributed by atoms with E-state index < -0.39 is 12.0 Å². The predicted octanol–water partition coefficient (Wildman–Crippen LogP) is 1.15. The van der Waals surface area contributed by atoms with Crippen LogP contribution in [0, 0.1) is 0 Å². The molecular formula is C13H22N4O2S. The van der Waals surface area contributed by atoms with E-state index in [4.69, 9.17) is 10.8 Å². The van der Waals surface area contributed by atoms with Crippen molar-refractivity contribution in [2.45, 2.75) is 30.8 Å². The van der Waals surface area contributed by atoms with Gasteiger partial charge in [0.25, 0.3) is 0 Å². The van der Waals surface area contributed by atoms with Crippen LogP contribution in [0.5, 0.6) is 0 Å². The molecule has 7 heteroatoms. The van der Waals surface area contributed by atoms with Gasteiger partial charge in [-0.1, -0.05) is 0 Å². The maximum absolute atomic E-state index is 10.9. The van der Waals surface area contributed by atoms with Gasteiger partial charge in [-0.2, -0.15) is 0 Å². The first-order chi connectivity index (χ1) is 9.35. The maximum atomic E-state index is 10.9. The van der Waals surface area contributed by atoms with Crippen LogP contribution in [0.25, 0.3) is 0 Å². The van der Waals surface area contributed by atoms with Crippen LogP contribution >= 0.6 is 11.3 Å². The average molecular weight is 298 g/mol. The number of carboxylic acids is 1. The van der Waals surface area contributed by atoms with E-state index in [9.17, 15) is 4.79 Å². The van der Waals surface area contributed by atoms with Gasteiger partial charge in [0.15, 0.2) is 5.13 Å². The van der Waals surface area contributed by atoms with Crippen molar-refractivity contribution >= 4 is 22.4 Å². The smallest absolute Gasteiger partial charge is 0.326 e. The molecule has 0 aromatic carbocycles. The quantitative estimate of drug-likeness (QED) is 0.820. The lowest BCUT2D eigenvalue weighted by Crippen LogP contribution is -2.56. The topological polar surface area (TPSA) is 82.7 Å². The summed E-state index contributed by atoms with van der Waals surface area (Å²) in [5, 5.41) is 11.5. The zero-order valence-electron chi connectivity index (χ0n) is 12.2. The monoisotopic (exact) mass is 298 g/mol. The van der Waals surface area contributed by atoms with Gasteiger partial charge < -0.3 is 20.6 Å². The van der Waals surface area contributed by atoms with Gasteiger partial charge >= 0.3 is 5.97 Å². The van der Waals surface area contributed by atoms with Gasteiger partial charge in [0.05, 0.1) is 5.69 Å². The van der Waals surface area contributed by atoms with E-state index >= 15 is 0 Å². The van der Waals surface area contributed by atoms with Gasteiger partial charge in [0.2, 0.25) is 0 Å². The number of anilines is 1. The van der Waals surface area contributed by atoms with Crippen LogP contribution < -0.4 is 10.6 Å². The zero-order chi connectivity index (χ0) is 14.9. The van der Waals surface area contributed by atoms with E-state index in [1.807, 2.05) is 7.05 Å². The Balaban J connectivity index is 2.06. The van der Waals surface area contributed by atoms with Gasteiger partial charge in [0, 0.05) is 24.5 Å². The third-order valence-electron chi connectivity index (χ3n) is 4.19. The van der Waals surface area contributed by atoms with Crippen LogP contribution in [0.2, 0.25) is 0 Å². The SMILES string of the molecule is CN(CC1(N(C)C)CCC1)c1nc(C(N)C(=O)O)cs1. The Hall–Kier alpha value is -1.18. The number of hydrogen-bond donors (Lipinski definition) is 2. The van der Waals surface area contributed by atoms with Gasteiger partial charge in [-0.05, 0) is 33.4 Å². The lowest BCUT2D eigenvalue weighted by molar-refractivity contribution is -0.138. The second-order valence-corrected chi connectivity index (χ2v) is 6.54. The summed E-state index contributed by atoms with van der Waals surface area (Å²) >= 11 is 1.44. The molecule has 0 aliphatic heterocycles. The van der Waals surface area contributed by atoms with Crippen molar-refractivity contribution < 1.29 is 9.90 Å². The minimum Gasteiger partial charge on any atom is -0.480 e. The lowest BCUT2D eigenvalue weighted by Gasteiger charge is -2.49.